The molecular formula is C18H21N3O2. The van der Waals surface area contributed by atoms with Crippen molar-refractivity contribution in [3.63, 3.8) is 0 Å². The summed E-state index contributed by atoms with van der Waals surface area (Å²) in [5.41, 5.74) is 5.02. The first-order valence-corrected chi connectivity index (χ1v) is 7.98. The van der Waals surface area contributed by atoms with E-state index in [1.807, 2.05) is 12.1 Å². The van der Waals surface area contributed by atoms with Gasteiger partial charge >= 0.3 is 6.03 Å². The number of furan rings is 1. The highest BCUT2D eigenvalue weighted by atomic mass is 16.3. The van der Waals surface area contributed by atoms with E-state index in [1.54, 1.807) is 12.3 Å². The van der Waals surface area contributed by atoms with E-state index in [9.17, 15) is 4.79 Å². The molecular weight excluding hydrogens is 290 g/mol. The highest BCUT2D eigenvalue weighted by Gasteiger charge is 2.19. The van der Waals surface area contributed by atoms with Crippen molar-refractivity contribution in [3.8, 4) is 0 Å². The number of nitrogens with zero attached hydrogens (tertiary/aromatic N) is 1. The Morgan fingerprint density at radius 3 is 2.61 bits per heavy atom. The highest BCUT2D eigenvalue weighted by Crippen LogP contribution is 2.31. The van der Waals surface area contributed by atoms with Crippen molar-refractivity contribution < 1.29 is 9.21 Å². The molecule has 1 saturated carbocycles. The third-order valence-corrected chi connectivity index (χ3v) is 4.15. The zero-order valence-corrected chi connectivity index (χ0v) is 13.0. The van der Waals surface area contributed by atoms with Crippen LogP contribution in [0.3, 0.4) is 0 Å². The van der Waals surface area contributed by atoms with E-state index in [4.69, 9.17) is 4.42 Å². The van der Waals surface area contributed by atoms with Crippen molar-refractivity contribution in [2.45, 2.75) is 38.1 Å². The molecule has 2 N–H and O–H groups in total. The Hall–Kier alpha value is -2.56. The minimum Gasteiger partial charge on any atom is -0.467 e. The Morgan fingerprint density at radius 1 is 1.13 bits per heavy atom. The van der Waals surface area contributed by atoms with E-state index in [0.29, 0.717) is 12.5 Å². The van der Waals surface area contributed by atoms with Crippen molar-refractivity contribution >= 4 is 11.7 Å². The third kappa shape index (κ3) is 4.45. The molecule has 1 aliphatic carbocycles. The lowest BCUT2D eigenvalue weighted by atomic mass is 9.83. The molecule has 0 atom stereocenters. The molecule has 0 bridgehead atoms. The maximum Gasteiger partial charge on any atom is 0.335 e. The molecule has 5 nitrogen and oxygen atoms in total. The van der Waals surface area contributed by atoms with Crippen LogP contribution in [-0.4, -0.2) is 11.7 Å². The summed E-state index contributed by atoms with van der Waals surface area (Å²) < 4.78 is 5.15. The zero-order chi connectivity index (χ0) is 15.9. The molecule has 5 heteroatoms. The van der Waals surface area contributed by atoms with Gasteiger partial charge in [0.25, 0.3) is 0 Å². The van der Waals surface area contributed by atoms with E-state index < -0.39 is 0 Å². The van der Waals surface area contributed by atoms with Crippen LogP contribution in [0.5, 0.6) is 0 Å². The van der Waals surface area contributed by atoms with Crippen LogP contribution >= 0.6 is 0 Å². The summed E-state index contributed by atoms with van der Waals surface area (Å²) in [4.78, 5) is 11.7. The number of urea groups is 1. The van der Waals surface area contributed by atoms with Gasteiger partial charge in [-0.25, -0.2) is 10.2 Å². The fourth-order valence-corrected chi connectivity index (χ4v) is 2.87. The summed E-state index contributed by atoms with van der Waals surface area (Å²) in [5.74, 6) is 1.32. The molecule has 2 amide bonds. The lowest BCUT2D eigenvalue weighted by Gasteiger charge is -2.23. The van der Waals surface area contributed by atoms with Gasteiger partial charge in [0.2, 0.25) is 0 Å². The van der Waals surface area contributed by atoms with Gasteiger partial charge in [-0.05, 0) is 49.3 Å². The molecule has 23 heavy (non-hydrogen) atoms. The summed E-state index contributed by atoms with van der Waals surface area (Å²) >= 11 is 0. The van der Waals surface area contributed by atoms with Gasteiger partial charge in [0, 0.05) is 5.71 Å². The predicted octanol–water partition coefficient (Wildman–Crippen LogP) is 3.79. The number of nitrogens with one attached hydrogen (secondary N) is 2. The fourth-order valence-electron chi connectivity index (χ4n) is 2.87. The Morgan fingerprint density at radius 2 is 1.91 bits per heavy atom. The molecule has 120 valence electrons. The fraction of sp³-hybridized carbons (Fsp3) is 0.333. The molecule has 2 aromatic rings. The number of hydrogen-bond acceptors (Lipinski definition) is 3. The average Bonchev–Trinajstić information content (AvgIpc) is 3.13. The van der Waals surface area contributed by atoms with E-state index in [2.05, 4.69) is 40.1 Å². The van der Waals surface area contributed by atoms with Crippen LogP contribution in [0.1, 0.15) is 42.9 Å². The second kappa shape index (κ2) is 7.63. The summed E-state index contributed by atoms with van der Waals surface area (Å²) in [6.45, 7) is 0.361. The van der Waals surface area contributed by atoms with Crippen molar-refractivity contribution in [3.05, 3.63) is 60.1 Å². The molecule has 0 saturated heterocycles. The van der Waals surface area contributed by atoms with Crippen LogP contribution in [-0.2, 0) is 6.54 Å². The summed E-state index contributed by atoms with van der Waals surface area (Å²) in [6.07, 6.45) is 5.60. The van der Waals surface area contributed by atoms with Gasteiger partial charge in [0.1, 0.15) is 5.76 Å². The van der Waals surface area contributed by atoms with Crippen LogP contribution < -0.4 is 10.7 Å². The maximum atomic E-state index is 11.7. The molecule has 1 aromatic heterocycles. The zero-order valence-electron chi connectivity index (χ0n) is 13.0. The van der Waals surface area contributed by atoms with E-state index in [1.165, 1.54) is 5.56 Å². The number of carbonyl (C=O) groups is 1. The van der Waals surface area contributed by atoms with Gasteiger partial charge in [0.05, 0.1) is 12.8 Å². The molecule has 3 rings (SSSR count). The first-order chi connectivity index (χ1) is 11.3. The van der Waals surface area contributed by atoms with Crippen LogP contribution in [0.4, 0.5) is 4.79 Å². The van der Waals surface area contributed by atoms with Gasteiger partial charge < -0.3 is 9.73 Å². The second-order valence-electron chi connectivity index (χ2n) is 5.74. The van der Waals surface area contributed by atoms with Crippen molar-refractivity contribution in [2.75, 3.05) is 0 Å². The normalized spacial score (nSPS) is 17.6. The predicted molar refractivity (Wildman–Crippen MR) is 89.2 cm³/mol. The van der Waals surface area contributed by atoms with Gasteiger partial charge in [0.15, 0.2) is 0 Å². The number of rotatable bonds is 4. The Labute approximate surface area is 135 Å². The second-order valence-corrected chi connectivity index (χ2v) is 5.74. The largest absolute Gasteiger partial charge is 0.467 e. The highest BCUT2D eigenvalue weighted by molar-refractivity contribution is 5.86. The number of hydrazone groups is 1. The third-order valence-electron chi connectivity index (χ3n) is 4.15. The quantitative estimate of drug-likeness (QED) is 0.844. The molecule has 0 spiro atoms. The van der Waals surface area contributed by atoms with Crippen molar-refractivity contribution in [1.29, 1.82) is 0 Å². The molecule has 1 heterocycles. The van der Waals surface area contributed by atoms with Crippen LogP contribution in [0.15, 0.2) is 58.2 Å². The lowest BCUT2D eigenvalue weighted by Crippen LogP contribution is -2.32. The van der Waals surface area contributed by atoms with Crippen molar-refractivity contribution in [2.24, 2.45) is 5.10 Å². The van der Waals surface area contributed by atoms with Crippen LogP contribution in [0.25, 0.3) is 0 Å². The monoisotopic (exact) mass is 311 g/mol. The van der Waals surface area contributed by atoms with Crippen molar-refractivity contribution in [1.82, 2.24) is 10.7 Å². The lowest BCUT2D eigenvalue weighted by molar-refractivity contribution is 0.240. The van der Waals surface area contributed by atoms with E-state index in [-0.39, 0.29) is 6.03 Å². The number of amides is 2. The number of benzene rings is 1. The van der Waals surface area contributed by atoms with Crippen LogP contribution in [0, 0.1) is 0 Å². The topological polar surface area (TPSA) is 66.6 Å². The van der Waals surface area contributed by atoms with Gasteiger partial charge in [-0.15, -0.1) is 0 Å². The average molecular weight is 311 g/mol. The summed E-state index contributed by atoms with van der Waals surface area (Å²) in [6, 6.07) is 13.9. The molecule has 1 fully saturated rings. The smallest absolute Gasteiger partial charge is 0.335 e. The van der Waals surface area contributed by atoms with Gasteiger partial charge in [-0.1, -0.05) is 30.3 Å². The number of carbonyl (C=O) groups excluding carboxylic acids is 1. The number of hydrogen-bond donors (Lipinski definition) is 2. The maximum absolute atomic E-state index is 11.7. The minimum absolute atomic E-state index is 0.306. The van der Waals surface area contributed by atoms with Gasteiger partial charge in [-0.3, -0.25) is 0 Å². The molecule has 0 radical (unpaired) electrons. The first kappa shape index (κ1) is 15.3. The van der Waals surface area contributed by atoms with Gasteiger partial charge in [-0.2, -0.15) is 5.10 Å². The van der Waals surface area contributed by atoms with E-state index >= 15 is 0 Å². The Balaban J connectivity index is 1.42. The Bertz CT molecular complexity index is 640. The molecule has 0 aliphatic heterocycles. The minimum atomic E-state index is -0.306. The molecule has 0 unspecified atom stereocenters. The first-order valence-electron chi connectivity index (χ1n) is 7.98. The summed E-state index contributed by atoms with van der Waals surface area (Å²) in [5, 5.41) is 6.94. The SMILES string of the molecule is O=C(NCc1ccco1)NN=C1CCC(c2ccccc2)CC1. The summed E-state index contributed by atoms with van der Waals surface area (Å²) in [7, 11) is 0. The van der Waals surface area contributed by atoms with E-state index in [0.717, 1.165) is 37.2 Å². The molecule has 1 aromatic carbocycles. The molecule has 1 aliphatic rings. The Kier molecular flexibility index (Phi) is 5.09. The van der Waals surface area contributed by atoms with Crippen LogP contribution in [0.2, 0.25) is 0 Å². The standard InChI is InChI=1S/C18H21N3O2/c22-18(19-13-17-7-4-12-23-17)21-20-16-10-8-15(9-11-16)14-5-2-1-3-6-14/h1-7,12,15H,8-11,13H2,(H2,19,21,22).